The summed E-state index contributed by atoms with van der Waals surface area (Å²) in [6, 6.07) is 6.33. The second-order valence-corrected chi connectivity index (χ2v) is 3.44. The van der Waals surface area contributed by atoms with Crippen molar-refractivity contribution < 1.29 is 14.3 Å². The van der Waals surface area contributed by atoms with Crippen molar-refractivity contribution in [2.75, 3.05) is 0 Å². The van der Waals surface area contributed by atoms with Gasteiger partial charge in [-0.25, -0.2) is 4.79 Å². The number of rotatable bonds is 2. The predicted octanol–water partition coefficient (Wildman–Crippen LogP) is 3.30. The fraction of sp³-hybridized carbons (Fsp3) is 0. The second-order valence-electron chi connectivity index (χ2n) is 3.01. The van der Waals surface area contributed by atoms with Crippen molar-refractivity contribution in [1.29, 1.82) is 0 Å². The van der Waals surface area contributed by atoms with Crippen LogP contribution < -0.4 is 0 Å². The summed E-state index contributed by atoms with van der Waals surface area (Å²) < 4.78 is 4.91. The summed E-state index contributed by atoms with van der Waals surface area (Å²) >= 11 is 5.81. The maximum absolute atomic E-state index is 11.0. The zero-order valence-corrected chi connectivity index (χ0v) is 8.36. The normalized spacial score (nSPS) is 10.2. The molecule has 2 aromatic rings. The summed E-state index contributed by atoms with van der Waals surface area (Å²) in [7, 11) is 0. The molecule has 0 amide bonds. The van der Waals surface area contributed by atoms with Crippen LogP contribution >= 0.6 is 11.6 Å². The Balaban J connectivity index is 2.63. The van der Waals surface area contributed by atoms with E-state index < -0.39 is 5.97 Å². The van der Waals surface area contributed by atoms with Crippen LogP contribution in [-0.4, -0.2) is 11.1 Å². The summed E-state index contributed by atoms with van der Waals surface area (Å²) in [5, 5.41) is 9.48. The van der Waals surface area contributed by atoms with E-state index in [0.29, 0.717) is 16.1 Å². The third-order valence-corrected chi connectivity index (χ3v) is 2.28. The van der Waals surface area contributed by atoms with E-state index in [9.17, 15) is 4.79 Å². The van der Waals surface area contributed by atoms with Crippen LogP contribution in [-0.2, 0) is 0 Å². The van der Waals surface area contributed by atoms with Crippen LogP contribution in [0, 0.1) is 0 Å². The van der Waals surface area contributed by atoms with Crippen molar-refractivity contribution in [2.45, 2.75) is 0 Å². The molecule has 1 aromatic carbocycles. The SMILES string of the molecule is O=C(O)c1ccc(Cl)cc1-c1ccoc1. The number of halogens is 1. The number of carboxylic acids is 1. The highest BCUT2D eigenvalue weighted by Gasteiger charge is 2.12. The van der Waals surface area contributed by atoms with Gasteiger partial charge < -0.3 is 9.52 Å². The first kappa shape index (κ1) is 9.80. The van der Waals surface area contributed by atoms with Crippen molar-refractivity contribution in [3.63, 3.8) is 0 Å². The van der Waals surface area contributed by atoms with Crippen molar-refractivity contribution in [1.82, 2.24) is 0 Å². The average Bonchev–Trinajstić information content (AvgIpc) is 2.69. The van der Waals surface area contributed by atoms with Gasteiger partial charge in [0.15, 0.2) is 0 Å². The quantitative estimate of drug-likeness (QED) is 0.848. The first-order chi connectivity index (χ1) is 7.18. The van der Waals surface area contributed by atoms with Gasteiger partial charge in [-0.05, 0) is 24.3 Å². The highest BCUT2D eigenvalue weighted by atomic mass is 35.5. The van der Waals surface area contributed by atoms with Crippen molar-refractivity contribution in [2.24, 2.45) is 0 Å². The third-order valence-electron chi connectivity index (χ3n) is 2.04. The monoisotopic (exact) mass is 222 g/mol. The standard InChI is InChI=1S/C11H7ClO3/c12-8-1-2-9(11(13)14)10(5-8)7-3-4-15-6-7/h1-6H,(H,13,14). The van der Waals surface area contributed by atoms with E-state index in [0.717, 1.165) is 0 Å². The molecule has 0 aliphatic carbocycles. The van der Waals surface area contributed by atoms with Gasteiger partial charge >= 0.3 is 5.97 Å². The average molecular weight is 223 g/mol. The molecule has 15 heavy (non-hydrogen) atoms. The lowest BCUT2D eigenvalue weighted by Crippen LogP contribution is -1.98. The number of benzene rings is 1. The summed E-state index contributed by atoms with van der Waals surface area (Å²) in [5.74, 6) is -0.983. The first-order valence-electron chi connectivity index (χ1n) is 4.24. The molecule has 76 valence electrons. The molecule has 0 aliphatic heterocycles. The summed E-state index contributed by atoms with van der Waals surface area (Å²) in [4.78, 5) is 11.0. The Morgan fingerprint density at radius 2 is 2.13 bits per heavy atom. The molecule has 0 aliphatic rings. The van der Waals surface area contributed by atoms with E-state index in [1.807, 2.05) is 0 Å². The van der Waals surface area contributed by atoms with Gasteiger partial charge in [0.2, 0.25) is 0 Å². The number of hydrogen-bond donors (Lipinski definition) is 1. The molecule has 0 fully saturated rings. The number of carbonyl (C=O) groups is 1. The Morgan fingerprint density at radius 3 is 2.73 bits per heavy atom. The molecular weight excluding hydrogens is 216 g/mol. The van der Waals surface area contributed by atoms with Crippen LogP contribution in [0.3, 0.4) is 0 Å². The fourth-order valence-electron chi connectivity index (χ4n) is 1.36. The Bertz CT molecular complexity index is 489. The van der Waals surface area contributed by atoms with E-state index in [1.165, 1.54) is 18.6 Å². The Kier molecular flexibility index (Phi) is 2.47. The van der Waals surface area contributed by atoms with Crippen LogP contribution in [0.2, 0.25) is 5.02 Å². The van der Waals surface area contributed by atoms with Crippen molar-refractivity contribution in [3.8, 4) is 11.1 Å². The lowest BCUT2D eigenvalue weighted by Gasteiger charge is -2.03. The molecule has 2 rings (SSSR count). The van der Waals surface area contributed by atoms with Gasteiger partial charge in [0.05, 0.1) is 18.1 Å². The number of carboxylic acid groups (broad SMARTS) is 1. The van der Waals surface area contributed by atoms with E-state index in [-0.39, 0.29) is 5.56 Å². The van der Waals surface area contributed by atoms with E-state index in [2.05, 4.69) is 0 Å². The molecule has 0 saturated carbocycles. The van der Waals surface area contributed by atoms with Crippen LogP contribution in [0.1, 0.15) is 10.4 Å². The number of furan rings is 1. The van der Waals surface area contributed by atoms with Gasteiger partial charge in [-0.3, -0.25) is 0 Å². The van der Waals surface area contributed by atoms with Gasteiger partial charge in [0.25, 0.3) is 0 Å². The van der Waals surface area contributed by atoms with E-state index >= 15 is 0 Å². The molecular formula is C11H7ClO3. The Labute approximate surface area is 90.9 Å². The predicted molar refractivity (Wildman–Crippen MR) is 56.1 cm³/mol. The molecule has 0 bridgehead atoms. The van der Waals surface area contributed by atoms with Crippen LogP contribution in [0.5, 0.6) is 0 Å². The molecule has 1 N–H and O–H groups in total. The van der Waals surface area contributed by atoms with Crippen LogP contribution in [0.15, 0.2) is 41.2 Å². The zero-order valence-electron chi connectivity index (χ0n) is 7.61. The minimum absolute atomic E-state index is 0.209. The smallest absolute Gasteiger partial charge is 0.336 e. The lowest BCUT2D eigenvalue weighted by molar-refractivity contribution is 0.0698. The molecule has 0 spiro atoms. The molecule has 1 heterocycles. The maximum Gasteiger partial charge on any atom is 0.336 e. The lowest BCUT2D eigenvalue weighted by atomic mass is 10.0. The van der Waals surface area contributed by atoms with Gasteiger partial charge in [-0.1, -0.05) is 11.6 Å². The molecule has 1 aromatic heterocycles. The largest absolute Gasteiger partial charge is 0.478 e. The molecule has 4 heteroatoms. The number of hydrogen-bond acceptors (Lipinski definition) is 2. The first-order valence-corrected chi connectivity index (χ1v) is 4.61. The van der Waals surface area contributed by atoms with E-state index in [1.54, 1.807) is 18.2 Å². The maximum atomic E-state index is 11.0. The summed E-state index contributed by atoms with van der Waals surface area (Å²) in [6.07, 6.45) is 2.97. The minimum atomic E-state index is -0.983. The van der Waals surface area contributed by atoms with Gasteiger partial charge in [0, 0.05) is 16.1 Å². The highest BCUT2D eigenvalue weighted by Crippen LogP contribution is 2.27. The minimum Gasteiger partial charge on any atom is -0.478 e. The molecule has 3 nitrogen and oxygen atoms in total. The third kappa shape index (κ3) is 1.87. The topological polar surface area (TPSA) is 50.4 Å². The van der Waals surface area contributed by atoms with Crippen LogP contribution in [0.25, 0.3) is 11.1 Å². The zero-order chi connectivity index (χ0) is 10.8. The van der Waals surface area contributed by atoms with E-state index in [4.69, 9.17) is 21.1 Å². The summed E-state index contributed by atoms with van der Waals surface area (Å²) in [6.45, 7) is 0. The molecule has 0 saturated heterocycles. The number of aromatic carboxylic acids is 1. The van der Waals surface area contributed by atoms with Crippen molar-refractivity contribution >= 4 is 17.6 Å². The summed E-state index contributed by atoms with van der Waals surface area (Å²) in [5.41, 5.74) is 1.47. The second kappa shape index (κ2) is 3.79. The van der Waals surface area contributed by atoms with Gasteiger partial charge in [-0.2, -0.15) is 0 Å². The van der Waals surface area contributed by atoms with Crippen molar-refractivity contribution in [3.05, 3.63) is 47.4 Å². The van der Waals surface area contributed by atoms with Crippen LogP contribution in [0.4, 0.5) is 0 Å². The Morgan fingerprint density at radius 1 is 1.33 bits per heavy atom. The van der Waals surface area contributed by atoms with Gasteiger partial charge in [-0.15, -0.1) is 0 Å². The van der Waals surface area contributed by atoms with Gasteiger partial charge in [0.1, 0.15) is 0 Å². The fourth-order valence-corrected chi connectivity index (χ4v) is 1.53. The Hall–Kier alpha value is -1.74. The molecule has 0 atom stereocenters. The molecule has 0 unspecified atom stereocenters. The highest BCUT2D eigenvalue weighted by molar-refractivity contribution is 6.31. The molecule has 0 radical (unpaired) electrons.